The van der Waals surface area contributed by atoms with Gasteiger partial charge < -0.3 is 5.32 Å². The van der Waals surface area contributed by atoms with E-state index in [1.54, 1.807) is 12.1 Å². The van der Waals surface area contributed by atoms with Crippen LogP contribution >= 0.6 is 0 Å². The summed E-state index contributed by atoms with van der Waals surface area (Å²) >= 11 is 0. The Labute approximate surface area is 130 Å². The third-order valence-electron chi connectivity index (χ3n) is 3.98. The van der Waals surface area contributed by atoms with Gasteiger partial charge in [-0.05, 0) is 37.0 Å². The molecule has 0 spiro atoms. The van der Waals surface area contributed by atoms with Gasteiger partial charge in [-0.3, -0.25) is 14.5 Å². The Bertz CT molecular complexity index is 727. The standard InChI is InChI=1S/C15H19N3O3S/c1-10-8-13(10)15(19)17-11-4-2-5-12(9-11)22(20,21)18-14-6-3-7-16-14/h2,4-5,9-10,13H,3,6-8H2,1H3,(H,16,18)(H,17,19). The van der Waals surface area contributed by atoms with Crippen molar-refractivity contribution in [1.82, 2.24) is 4.72 Å². The van der Waals surface area contributed by atoms with Gasteiger partial charge in [0.05, 0.1) is 4.90 Å². The first-order chi connectivity index (χ1) is 10.5. The predicted molar refractivity (Wildman–Crippen MR) is 84.2 cm³/mol. The number of amidine groups is 1. The molecule has 1 aliphatic heterocycles. The minimum atomic E-state index is -3.65. The highest BCUT2D eigenvalue weighted by Crippen LogP contribution is 2.38. The molecular weight excluding hydrogens is 302 g/mol. The van der Waals surface area contributed by atoms with Crippen LogP contribution in [0.4, 0.5) is 5.69 Å². The van der Waals surface area contributed by atoms with Crippen molar-refractivity contribution >= 4 is 27.5 Å². The van der Waals surface area contributed by atoms with Crippen LogP contribution in [0.25, 0.3) is 0 Å². The second kappa shape index (κ2) is 5.72. The fraction of sp³-hybridized carbons (Fsp3) is 0.467. The number of anilines is 1. The monoisotopic (exact) mass is 321 g/mol. The fourth-order valence-electron chi connectivity index (χ4n) is 2.50. The van der Waals surface area contributed by atoms with Crippen molar-refractivity contribution in [3.05, 3.63) is 24.3 Å². The topological polar surface area (TPSA) is 87.6 Å². The summed E-state index contributed by atoms with van der Waals surface area (Å²) in [7, 11) is -3.65. The van der Waals surface area contributed by atoms with Crippen molar-refractivity contribution in [3.8, 4) is 0 Å². The minimum absolute atomic E-state index is 0.0461. The molecule has 0 radical (unpaired) electrons. The van der Waals surface area contributed by atoms with Crippen molar-refractivity contribution in [2.75, 3.05) is 11.9 Å². The van der Waals surface area contributed by atoms with Crippen LogP contribution in [0.2, 0.25) is 0 Å². The summed E-state index contributed by atoms with van der Waals surface area (Å²) < 4.78 is 27.1. The Kier molecular flexibility index (Phi) is 3.90. The number of amides is 1. The van der Waals surface area contributed by atoms with Crippen molar-refractivity contribution < 1.29 is 13.2 Å². The van der Waals surface area contributed by atoms with E-state index in [0.29, 0.717) is 30.4 Å². The summed E-state index contributed by atoms with van der Waals surface area (Å²) in [6.07, 6.45) is 2.41. The molecule has 1 saturated carbocycles. The fourth-order valence-corrected chi connectivity index (χ4v) is 3.63. The maximum atomic E-state index is 12.3. The van der Waals surface area contributed by atoms with Gasteiger partial charge in [-0.1, -0.05) is 13.0 Å². The van der Waals surface area contributed by atoms with Gasteiger partial charge in [0.15, 0.2) is 0 Å². The van der Waals surface area contributed by atoms with Gasteiger partial charge in [-0.15, -0.1) is 0 Å². The Morgan fingerprint density at radius 1 is 1.36 bits per heavy atom. The third-order valence-corrected chi connectivity index (χ3v) is 5.36. The quantitative estimate of drug-likeness (QED) is 0.885. The number of nitrogens with zero attached hydrogens (tertiary/aromatic N) is 1. The van der Waals surface area contributed by atoms with E-state index in [9.17, 15) is 13.2 Å². The average molecular weight is 321 g/mol. The number of hydrogen-bond acceptors (Lipinski definition) is 4. The predicted octanol–water partition coefficient (Wildman–Crippen LogP) is 1.75. The highest BCUT2D eigenvalue weighted by atomic mass is 32.2. The first-order valence-electron chi connectivity index (χ1n) is 7.43. The zero-order valence-corrected chi connectivity index (χ0v) is 13.2. The van der Waals surface area contributed by atoms with Crippen molar-refractivity contribution in [1.29, 1.82) is 0 Å². The molecule has 1 fully saturated rings. The number of carbonyl (C=O) groups is 1. The molecule has 118 valence electrons. The van der Waals surface area contributed by atoms with Gasteiger partial charge in [0.25, 0.3) is 10.0 Å². The minimum Gasteiger partial charge on any atom is -0.326 e. The zero-order chi connectivity index (χ0) is 15.7. The molecular formula is C15H19N3O3S. The van der Waals surface area contributed by atoms with E-state index in [1.165, 1.54) is 12.1 Å². The number of sulfonamides is 1. The molecule has 7 heteroatoms. The molecule has 2 atom stereocenters. The average Bonchev–Trinajstić information content (AvgIpc) is 2.99. The summed E-state index contributed by atoms with van der Waals surface area (Å²) in [5, 5.41) is 2.78. The van der Waals surface area contributed by atoms with Crippen LogP contribution in [0.15, 0.2) is 34.2 Å². The smallest absolute Gasteiger partial charge is 0.262 e. The van der Waals surface area contributed by atoms with Gasteiger partial charge >= 0.3 is 0 Å². The second-order valence-electron chi connectivity index (χ2n) is 5.87. The lowest BCUT2D eigenvalue weighted by Gasteiger charge is -2.10. The zero-order valence-electron chi connectivity index (χ0n) is 12.4. The molecule has 0 bridgehead atoms. The van der Waals surface area contributed by atoms with Crippen molar-refractivity contribution in [2.24, 2.45) is 16.8 Å². The molecule has 1 aromatic rings. The Balaban J connectivity index is 1.73. The molecule has 2 N–H and O–H groups in total. The van der Waals surface area contributed by atoms with Crippen LogP contribution in [0, 0.1) is 11.8 Å². The first kappa shape index (κ1) is 15.0. The van der Waals surface area contributed by atoms with Crippen LogP contribution in [0.1, 0.15) is 26.2 Å². The number of rotatable bonds is 4. The van der Waals surface area contributed by atoms with Gasteiger partial charge in [-0.2, -0.15) is 0 Å². The number of aliphatic imine (C=N–C) groups is 1. The Hall–Kier alpha value is -1.89. The highest BCUT2D eigenvalue weighted by Gasteiger charge is 2.39. The Morgan fingerprint density at radius 2 is 2.14 bits per heavy atom. The SMILES string of the molecule is CC1CC1C(=O)Nc1cccc(S(=O)(=O)NC2=NCCC2)c1. The van der Waals surface area contributed by atoms with Crippen LogP contribution in [-0.2, 0) is 14.8 Å². The van der Waals surface area contributed by atoms with Crippen LogP contribution in [0.3, 0.4) is 0 Å². The molecule has 1 aromatic carbocycles. The van der Waals surface area contributed by atoms with Gasteiger partial charge in [-0.25, -0.2) is 8.42 Å². The lowest BCUT2D eigenvalue weighted by molar-refractivity contribution is -0.117. The highest BCUT2D eigenvalue weighted by molar-refractivity contribution is 7.90. The van der Waals surface area contributed by atoms with Crippen LogP contribution in [-0.4, -0.2) is 26.7 Å². The van der Waals surface area contributed by atoms with Gasteiger partial charge in [0.1, 0.15) is 5.84 Å². The molecule has 1 aliphatic carbocycles. The van der Waals surface area contributed by atoms with E-state index in [1.807, 2.05) is 6.92 Å². The lowest BCUT2D eigenvalue weighted by atomic mass is 10.3. The summed E-state index contributed by atoms with van der Waals surface area (Å²) in [4.78, 5) is 16.2. The first-order valence-corrected chi connectivity index (χ1v) is 8.91. The van der Waals surface area contributed by atoms with E-state index in [-0.39, 0.29) is 16.7 Å². The third kappa shape index (κ3) is 3.30. The lowest BCUT2D eigenvalue weighted by Crippen LogP contribution is -2.29. The summed E-state index contributed by atoms with van der Waals surface area (Å²) in [6.45, 7) is 2.69. The van der Waals surface area contributed by atoms with Crippen LogP contribution < -0.4 is 10.0 Å². The molecule has 2 unspecified atom stereocenters. The largest absolute Gasteiger partial charge is 0.326 e. The molecule has 2 aliphatic rings. The summed E-state index contributed by atoms with van der Waals surface area (Å²) in [5.74, 6) is 0.914. The molecule has 3 rings (SSSR count). The molecule has 22 heavy (non-hydrogen) atoms. The number of carbonyl (C=O) groups excluding carboxylic acids is 1. The number of nitrogens with one attached hydrogen (secondary N) is 2. The molecule has 1 heterocycles. The van der Waals surface area contributed by atoms with E-state index in [2.05, 4.69) is 15.0 Å². The number of benzene rings is 1. The van der Waals surface area contributed by atoms with Gasteiger partial charge in [0, 0.05) is 24.6 Å². The molecule has 1 amide bonds. The van der Waals surface area contributed by atoms with E-state index < -0.39 is 10.0 Å². The van der Waals surface area contributed by atoms with Crippen molar-refractivity contribution in [2.45, 2.75) is 31.1 Å². The summed E-state index contributed by atoms with van der Waals surface area (Å²) in [6, 6.07) is 6.30. The van der Waals surface area contributed by atoms with Crippen molar-refractivity contribution in [3.63, 3.8) is 0 Å². The number of hydrogen-bond donors (Lipinski definition) is 2. The van der Waals surface area contributed by atoms with E-state index in [4.69, 9.17) is 0 Å². The molecule has 0 aromatic heterocycles. The maximum Gasteiger partial charge on any atom is 0.262 e. The maximum absolute atomic E-state index is 12.3. The molecule has 0 saturated heterocycles. The van der Waals surface area contributed by atoms with E-state index in [0.717, 1.165) is 12.8 Å². The van der Waals surface area contributed by atoms with Gasteiger partial charge in [0.2, 0.25) is 5.91 Å². The van der Waals surface area contributed by atoms with E-state index >= 15 is 0 Å². The second-order valence-corrected chi connectivity index (χ2v) is 7.56. The normalized spacial score (nSPS) is 23.8. The van der Waals surface area contributed by atoms with Crippen LogP contribution in [0.5, 0.6) is 0 Å². The summed E-state index contributed by atoms with van der Waals surface area (Å²) in [5.41, 5.74) is 0.500. The Morgan fingerprint density at radius 3 is 2.77 bits per heavy atom. The molecule has 6 nitrogen and oxygen atoms in total.